The van der Waals surface area contributed by atoms with Crippen LogP contribution in [0.1, 0.15) is 32.3 Å². The zero-order chi connectivity index (χ0) is 13.2. The first kappa shape index (κ1) is 13.8. The Hall–Kier alpha value is -0.670. The van der Waals surface area contributed by atoms with E-state index < -0.39 is 10.8 Å². The highest BCUT2D eigenvalue weighted by molar-refractivity contribution is 7.84. The van der Waals surface area contributed by atoms with Gasteiger partial charge in [-0.2, -0.15) is 0 Å². The second-order valence-corrected chi connectivity index (χ2v) is 7.50. The number of hydrogen-bond donors (Lipinski definition) is 1. The monoisotopic (exact) mass is 265 g/mol. The predicted molar refractivity (Wildman–Crippen MR) is 77.9 cm³/mol. The van der Waals surface area contributed by atoms with Gasteiger partial charge in [0, 0.05) is 22.6 Å². The molecule has 1 fully saturated rings. The molecule has 0 aliphatic heterocycles. The predicted octanol–water partition coefficient (Wildman–Crippen LogP) is 2.71. The Morgan fingerprint density at radius 1 is 1.33 bits per heavy atom. The molecule has 1 aromatic rings. The first-order valence-electron chi connectivity index (χ1n) is 6.63. The van der Waals surface area contributed by atoms with Crippen molar-refractivity contribution in [3.8, 4) is 0 Å². The largest absolute Gasteiger partial charge is 0.315 e. The molecule has 3 heteroatoms. The van der Waals surface area contributed by atoms with Gasteiger partial charge in [0.2, 0.25) is 0 Å². The van der Waals surface area contributed by atoms with E-state index in [1.807, 2.05) is 25.2 Å². The van der Waals surface area contributed by atoms with E-state index in [2.05, 4.69) is 31.3 Å². The Balaban J connectivity index is 2.06. The van der Waals surface area contributed by atoms with Crippen molar-refractivity contribution in [1.29, 1.82) is 0 Å². The summed E-state index contributed by atoms with van der Waals surface area (Å²) < 4.78 is 12.5. The molecule has 1 saturated carbocycles. The summed E-state index contributed by atoms with van der Waals surface area (Å²) in [5.74, 6) is 0.680. The zero-order valence-electron chi connectivity index (χ0n) is 11.5. The Morgan fingerprint density at radius 3 is 2.61 bits per heavy atom. The van der Waals surface area contributed by atoms with Gasteiger partial charge in [-0.3, -0.25) is 4.21 Å². The molecule has 1 N–H and O–H groups in total. The van der Waals surface area contributed by atoms with Gasteiger partial charge in [0.05, 0.1) is 5.25 Å². The van der Waals surface area contributed by atoms with Crippen LogP contribution in [0.3, 0.4) is 0 Å². The Labute approximate surface area is 113 Å². The van der Waals surface area contributed by atoms with Crippen LogP contribution in [0.25, 0.3) is 0 Å². The maximum Gasteiger partial charge on any atom is 0.0509 e. The van der Waals surface area contributed by atoms with E-state index in [0.717, 1.165) is 12.8 Å². The molecule has 1 aliphatic carbocycles. The van der Waals surface area contributed by atoms with Crippen LogP contribution in [0, 0.1) is 5.41 Å². The quantitative estimate of drug-likeness (QED) is 0.907. The molecular weight excluding hydrogens is 242 g/mol. The molecule has 2 rings (SSSR count). The molecule has 3 unspecified atom stereocenters. The highest BCUT2D eigenvalue weighted by Crippen LogP contribution is 2.40. The molecule has 3 atom stereocenters. The smallest absolute Gasteiger partial charge is 0.0509 e. The van der Waals surface area contributed by atoms with Gasteiger partial charge in [-0.25, -0.2) is 0 Å². The lowest BCUT2D eigenvalue weighted by molar-refractivity contribution is 0.299. The van der Waals surface area contributed by atoms with Crippen LogP contribution in [-0.4, -0.2) is 22.5 Å². The minimum absolute atomic E-state index is 0.256. The van der Waals surface area contributed by atoms with Crippen molar-refractivity contribution < 1.29 is 4.21 Å². The number of hydrogen-bond acceptors (Lipinski definition) is 2. The molecule has 0 heterocycles. The SMILES string of the molecule is CNC1C(S(=O)Cc2ccccc2)CCC1(C)C. The molecule has 1 aromatic carbocycles. The van der Waals surface area contributed by atoms with Crippen molar-refractivity contribution in [2.45, 2.75) is 43.7 Å². The van der Waals surface area contributed by atoms with Crippen molar-refractivity contribution >= 4 is 10.8 Å². The molecule has 1 aliphatic rings. The summed E-state index contributed by atoms with van der Waals surface area (Å²) in [5, 5.41) is 3.66. The highest BCUT2D eigenvalue weighted by Gasteiger charge is 2.43. The molecule has 0 radical (unpaired) electrons. The molecule has 100 valence electrons. The number of nitrogens with one attached hydrogen (secondary N) is 1. The first-order chi connectivity index (χ1) is 8.54. The minimum atomic E-state index is -0.785. The van der Waals surface area contributed by atoms with E-state index in [4.69, 9.17) is 0 Å². The molecule has 0 spiro atoms. The van der Waals surface area contributed by atoms with Crippen molar-refractivity contribution in [2.24, 2.45) is 5.41 Å². The maximum absolute atomic E-state index is 12.5. The second kappa shape index (κ2) is 5.54. The first-order valence-corrected chi connectivity index (χ1v) is 8.01. The fourth-order valence-electron chi connectivity index (χ4n) is 3.05. The van der Waals surface area contributed by atoms with Gasteiger partial charge in [-0.15, -0.1) is 0 Å². The number of benzene rings is 1. The summed E-state index contributed by atoms with van der Waals surface area (Å²) >= 11 is 0. The Kier molecular flexibility index (Phi) is 4.23. The summed E-state index contributed by atoms with van der Waals surface area (Å²) in [4.78, 5) is 0. The molecule has 0 amide bonds. The summed E-state index contributed by atoms with van der Waals surface area (Å²) in [7, 11) is 1.21. The van der Waals surface area contributed by atoms with Crippen molar-refractivity contribution in [3.05, 3.63) is 35.9 Å². The van der Waals surface area contributed by atoms with Gasteiger partial charge in [-0.05, 0) is 30.9 Å². The normalized spacial score (nSPS) is 28.2. The van der Waals surface area contributed by atoms with Crippen LogP contribution in [0.5, 0.6) is 0 Å². The average Bonchev–Trinajstić information content (AvgIpc) is 2.65. The molecular formula is C15H23NOS. The van der Waals surface area contributed by atoms with E-state index in [-0.39, 0.29) is 10.7 Å². The summed E-state index contributed by atoms with van der Waals surface area (Å²) in [5.41, 5.74) is 1.43. The van der Waals surface area contributed by atoms with E-state index in [1.54, 1.807) is 0 Å². The molecule has 0 aromatic heterocycles. The maximum atomic E-state index is 12.5. The number of rotatable bonds is 4. The van der Waals surface area contributed by atoms with Crippen LogP contribution >= 0.6 is 0 Å². The van der Waals surface area contributed by atoms with Gasteiger partial charge >= 0.3 is 0 Å². The standard InChI is InChI=1S/C15H23NOS/c1-15(2)10-9-13(14(15)16-3)18(17)11-12-7-5-4-6-8-12/h4-8,13-14,16H,9-11H2,1-3H3. The lowest BCUT2D eigenvalue weighted by atomic mass is 9.87. The summed E-state index contributed by atoms with van der Waals surface area (Å²) in [6, 6.07) is 10.5. The van der Waals surface area contributed by atoms with Gasteiger partial charge in [0.1, 0.15) is 0 Å². The Morgan fingerprint density at radius 2 is 2.00 bits per heavy atom. The molecule has 0 saturated heterocycles. The van der Waals surface area contributed by atoms with E-state index in [1.165, 1.54) is 5.56 Å². The van der Waals surface area contributed by atoms with Crippen molar-refractivity contribution in [3.63, 3.8) is 0 Å². The third kappa shape index (κ3) is 2.83. The molecule has 2 nitrogen and oxygen atoms in total. The van der Waals surface area contributed by atoms with Crippen LogP contribution in [-0.2, 0) is 16.6 Å². The lowest BCUT2D eigenvalue weighted by Crippen LogP contribution is -2.44. The summed E-state index contributed by atoms with van der Waals surface area (Å²) in [6.07, 6.45) is 2.22. The topological polar surface area (TPSA) is 29.1 Å². The average molecular weight is 265 g/mol. The molecule has 18 heavy (non-hydrogen) atoms. The van der Waals surface area contributed by atoms with Crippen LogP contribution < -0.4 is 5.32 Å². The van der Waals surface area contributed by atoms with Gasteiger partial charge in [0.25, 0.3) is 0 Å². The molecule has 0 bridgehead atoms. The highest BCUT2D eigenvalue weighted by atomic mass is 32.2. The third-order valence-electron chi connectivity index (χ3n) is 4.09. The minimum Gasteiger partial charge on any atom is -0.315 e. The summed E-state index contributed by atoms with van der Waals surface area (Å²) in [6.45, 7) is 4.54. The van der Waals surface area contributed by atoms with Crippen molar-refractivity contribution in [1.82, 2.24) is 5.32 Å². The zero-order valence-corrected chi connectivity index (χ0v) is 12.3. The van der Waals surface area contributed by atoms with E-state index >= 15 is 0 Å². The van der Waals surface area contributed by atoms with E-state index in [9.17, 15) is 4.21 Å². The lowest BCUT2D eigenvalue weighted by Gasteiger charge is -2.30. The fraction of sp³-hybridized carbons (Fsp3) is 0.600. The van der Waals surface area contributed by atoms with Crippen LogP contribution in [0.4, 0.5) is 0 Å². The second-order valence-electron chi connectivity index (χ2n) is 5.84. The Bertz CT molecular complexity index is 416. The third-order valence-corrected chi connectivity index (χ3v) is 5.89. The van der Waals surface area contributed by atoms with Crippen LogP contribution in [0.15, 0.2) is 30.3 Å². The van der Waals surface area contributed by atoms with Gasteiger partial charge in [-0.1, -0.05) is 44.2 Å². The van der Waals surface area contributed by atoms with E-state index in [0.29, 0.717) is 11.8 Å². The van der Waals surface area contributed by atoms with Crippen LogP contribution in [0.2, 0.25) is 0 Å². The van der Waals surface area contributed by atoms with Gasteiger partial charge < -0.3 is 5.32 Å². The fourth-order valence-corrected chi connectivity index (χ4v) is 4.97. The van der Waals surface area contributed by atoms with Crippen molar-refractivity contribution in [2.75, 3.05) is 7.05 Å². The van der Waals surface area contributed by atoms with Gasteiger partial charge in [0.15, 0.2) is 0 Å².